The number of rotatable bonds is 5. The third-order valence-electron chi connectivity index (χ3n) is 2.30. The van der Waals surface area contributed by atoms with Crippen molar-refractivity contribution in [1.82, 2.24) is 0 Å². The van der Waals surface area contributed by atoms with Gasteiger partial charge >= 0.3 is 0 Å². The topological polar surface area (TPSA) is 77.8 Å². The predicted molar refractivity (Wildman–Crippen MR) is 58.9 cm³/mol. The maximum absolute atomic E-state index is 10.9. The zero-order valence-corrected chi connectivity index (χ0v) is 9.13. The normalized spacial score (nSPS) is 14.5. The summed E-state index contributed by atoms with van der Waals surface area (Å²) in [7, 11) is 0. The number of hydrogen-bond acceptors (Lipinski definition) is 4. The van der Waals surface area contributed by atoms with Crippen LogP contribution in [0.3, 0.4) is 0 Å². The summed E-state index contributed by atoms with van der Waals surface area (Å²) in [6.45, 7) is 0.990. The van der Waals surface area contributed by atoms with Crippen molar-refractivity contribution in [2.24, 2.45) is 0 Å². The molecule has 4 nitrogen and oxygen atoms in total. The number of ketones is 1. The lowest BCUT2D eigenvalue weighted by atomic mass is 10.0. The minimum absolute atomic E-state index is 0.0364. The third-order valence-corrected chi connectivity index (χ3v) is 2.30. The first kappa shape index (κ1) is 12.8. The van der Waals surface area contributed by atoms with E-state index in [9.17, 15) is 15.0 Å². The molecule has 2 unspecified atom stereocenters. The Morgan fingerprint density at radius 3 is 2.62 bits per heavy atom. The lowest BCUT2D eigenvalue weighted by Crippen LogP contribution is -2.22. The molecule has 2 atom stereocenters. The molecule has 0 saturated carbocycles. The summed E-state index contributed by atoms with van der Waals surface area (Å²) in [5, 5.41) is 27.7. The molecule has 0 fully saturated rings. The van der Waals surface area contributed by atoms with Gasteiger partial charge in [0.25, 0.3) is 0 Å². The molecule has 0 aromatic heterocycles. The van der Waals surface area contributed by atoms with Crippen LogP contribution in [0.15, 0.2) is 24.3 Å². The molecular weight excluding hydrogens is 208 g/mol. The molecule has 16 heavy (non-hydrogen) atoms. The first-order valence-electron chi connectivity index (χ1n) is 5.10. The Morgan fingerprint density at radius 1 is 1.38 bits per heavy atom. The molecule has 0 saturated heterocycles. The minimum Gasteiger partial charge on any atom is -0.394 e. The molecule has 0 aliphatic carbocycles. The Hall–Kier alpha value is -1.23. The number of aliphatic hydroxyl groups excluding tert-OH is 3. The predicted octanol–water partition coefficient (Wildman–Crippen LogP) is 0.205. The van der Waals surface area contributed by atoms with Gasteiger partial charge in [-0.2, -0.15) is 0 Å². The quantitative estimate of drug-likeness (QED) is 0.668. The Kier molecular flexibility index (Phi) is 4.61. The highest BCUT2D eigenvalue weighted by Gasteiger charge is 2.17. The van der Waals surface area contributed by atoms with Gasteiger partial charge in [-0.15, -0.1) is 0 Å². The van der Waals surface area contributed by atoms with Crippen LogP contribution in [0.4, 0.5) is 0 Å². The fraction of sp³-hybridized carbons (Fsp3) is 0.417. The molecule has 1 aromatic rings. The minimum atomic E-state index is -1.20. The number of benzene rings is 1. The second-order valence-corrected chi connectivity index (χ2v) is 3.82. The molecule has 0 heterocycles. The Morgan fingerprint density at radius 2 is 2.06 bits per heavy atom. The van der Waals surface area contributed by atoms with Gasteiger partial charge in [0.05, 0.1) is 6.61 Å². The van der Waals surface area contributed by atoms with Crippen molar-refractivity contribution in [3.8, 4) is 0 Å². The highest BCUT2D eigenvalue weighted by atomic mass is 16.4. The summed E-state index contributed by atoms with van der Waals surface area (Å²) in [5.74, 6) is 0.0364. The lowest BCUT2D eigenvalue weighted by molar-refractivity contribution is -0.116. The number of carbonyl (C=O) groups is 1. The van der Waals surface area contributed by atoms with Gasteiger partial charge in [-0.25, -0.2) is 0 Å². The fourth-order valence-corrected chi connectivity index (χ4v) is 1.50. The largest absolute Gasteiger partial charge is 0.394 e. The summed E-state index contributed by atoms with van der Waals surface area (Å²) >= 11 is 0. The molecular formula is C12H16O4. The van der Waals surface area contributed by atoms with Crippen molar-refractivity contribution in [3.05, 3.63) is 35.4 Å². The first-order chi connectivity index (χ1) is 7.54. The van der Waals surface area contributed by atoms with Gasteiger partial charge in [0, 0.05) is 6.42 Å². The van der Waals surface area contributed by atoms with Crippen LogP contribution < -0.4 is 0 Å². The third kappa shape index (κ3) is 3.41. The van der Waals surface area contributed by atoms with Crippen LogP contribution >= 0.6 is 0 Å². The Labute approximate surface area is 94.2 Å². The van der Waals surface area contributed by atoms with E-state index in [0.717, 1.165) is 5.56 Å². The Bertz CT molecular complexity index is 362. The maximum Gasteiger partial charge on any atom is 0.134 e. The molecule has 1 rings (SSSR count). The highest BCUT2D eigenvalue weighted by molar-refractivity contribution is 5.78. The monoisotopic (exact) mass is 224 g/mol. The second kappa shape index (κ2) is 5.75. The molecule has 0 aliphatic rings. The zero-order valence-electron chi connectivity index (χ0n) is 9.13. The van der Waals surface area contributed by atoms with Gasteiger partial charge in [-0.3, -0.25) is 4.79 Å². The molecule has 3 N–H and O–H groups in total. The number of hydrogen-bond donors (Lipinski definition) is 3. The average Bonchev–Trinajstić information content (AvgIpc) is 2.26. The van der Waals surface area contributed by atoms with E-state index in [2.05, 4.69) is 0 Å². The fourth-order valence-electron chi connectivity index (χ4n) is 1.50. The van der Waals surface area contributed by atoms with Crippen molar-refractivity contribution in [3.63, 3.8) is 0 Å². The van der Waals surface area contributed by atoms with E-state index in [0.29, 0.717) is 12.0 Å². The molecule has 88 valence electrons. The molecule has 0 radical (unpaired) electrons. The molecule has 4 heteroatoms. The van der Waals surface area contributed by atoms with Gasteiger partial charge in [0.15, 0.2) is 0 Å². The zero-order chi connectivity index (χ0) is 12.1. The van der Waals surface area contributed by atoms with E-state index in [1.165, 1.54) is 6.92 Å². The van der Waals surface area contributed by atoms with Crippen LogP contribution in [0, 0.1) is 0 Å². The van der Waals surface area contributed by atoms with Crippen LogP contribution in [-0.4, -0.2) is 33.8 Å². The molecule has 0 aliphatic heterocycles. The number of carbonyl (C=O) groups excluding carboxylic acids is 1. The summed E-state index contributed by atoms with van der Waals surface area (Å²) in [4.78, 5) is 10.9. The van der Waals surface area contributed by atoms with Crippen LogP contribution in [0.5, 0.6) is 0 Å². The molecule has 0 amide bonds. The summed E-state index contributed by atoms with van der Waals surface area (Å²) in [6.07, 6.45) is -2.03. The number of Topliss-reactive ketones (excluding diaryl/α,β-unsaturated/α-hetero) is 1. The van der Waals surface area contributed by atoms with E-state index in [1.54, 1.807) is 24.3 Å². The average molecular weight is 224 g/mol. The van der Waals surface area contributed by atoms with Crippen LogP contribution in [0.2, 0.25) is 0 Å². The van der Waals surface area contributed by atoms with E-state index in [4.69, 9.17) is 5.11 Å². The molecule has 0 spiro atoms. The van der Waals surface area contributed by atoms with Gasteiger partial charge < -0.3 is 15.3 Å². The molecule has 1 aromatic carbocycles. The first-order valence-corrected chi connectivity index (χ1v) is 5.10. The molecule has 0 bridgehead atoms. The van der Waals surface area contributed by atoms with E-state index in [-0.39, 0.29) is 5.78 Å². The number of aliphatic hydroxyl groups is 3. The van der Waals surface area contributed by atoms with Gasteiger partial charge in [0.2, 0.25) is 0 Å². The van der Waals surface area contributed by atoms with Crippen molar-refractivity contribution in [2.75, 3.05) is 6.61 Å². The second-order valence-electron chi connectivity index (χ2n) is 3.82. The van der Waals surface area contributed by atoms with Crippen LogP contribution in [0.1, 0.15) is 24.2 Å². The van der Waals surface area contributed by atoms with Crippen molar-refractivity contribution >= 4 is 5.78 Å². The maximum atomic E-state index is 10.9. The van der Waals surface area contributed by atoms with Gasteiger partial charge in [-0.05, 0) is 18.1 Å². The van der Waals surface area contributed by atoms with Gasteiger partial charge in [-0.1, -0.05) is 24.3 Å². The highest BCUT2D eigenvalue weighted by Crippen LogP contribution is 2.18. The summed E-state index contributed by atoms with van der Waals surface area (Å²) in [6, 6.07) is 6.79. The van der Waals surface area contributed by atoms with Crippen molar-refractivity contribution in [2.45, 2.75) is 25.6 Å². The van der Waals surface area contributed by atoms with E-state index < -0.39 is 18.8 Å². The van der Waals surface area contributed by atoms with E-state index in [1.807, 2.05) is 0 Å². The van der Waals surface area contributed by atoms with E-state index >= 15 is 0 Å². The van der Waals surface area contributed by atoms with Crippen molar-refractivity contribution in [1.29, 1.82) is 0 Å². The smallest absolute Gasteiger partial charge is 0.134 e. The summed E-state index contributed by atoms with van der Waals surface area (Å²) < 4.78 is 0. The lowest BCUT2D eigenvalue weighted by Gasteiger charge is -2.16. The standard InChI is InChI=1S/C12H16O4/c1-8(14)5-9-3-2-4-10(6-9)12(16)11(15)7-13/h2-4,6,11-13,15-16H,5,7H2,1H3. The van der Waals surface area contributed by atoms with Crippen LogP contribution in [0.25, 0.3) is 0 Å². The summed E-state index contributed by atoms with van der Waals surface area (Å²) in [5.41, 5.74) is 1.29. The van der Waals surface area contributed by atoms with Crippen molar-refractivity contribution < 1.29 is 20.1 Å². The Balaban J connectivity index is 2.85. The van der Waals surface area contributed by atoms with Gasteiger partial charge in [0.1, 0.15) is 18.0 Å². The van der Waals surface area contributed by atoms with Crippen LogP contribution in [-0.2, 0) is 11.2 Å². The SMILES string of the molecule is CC(=O)Cc1cccc(C(O)C(O)CO)c1.